The topological polar surface area (TPSA) is 27.7 Å². The van der Waals surface area contributed by atoms with Gasteiger partial charge in [-0.1, -0.05) is 45.0 Å². The fourth-order valence-corrected chi connectivity index (χ4v) is 2.99. The van der Waals surface area contributed by atoms with Gasteiger partial charge in [-0.15, -0.1) is 10.3 Å². The van der Waals surface area contributed by atoms with E-state index in [0.29, 0.717) is 6.61 Å². The van der Waals surface area contributed by atoms with Crippen molar-refractivity contribution in [2.45, 2.75) is 71.0 Å². The van der Waals surface area contributed by atoms with E-state index in [1.165, 1.54) is 0 Å². The summed E-state index contributed by atoms with van der Waals surface area (Å²) in [5, 5.41) is 0. The highest BCUT2D eigenvalue weighted by Crippen LogP contribution is 2.54. The van der Waals surface area contributed by atoms with Crippen LogP contribution in [0.25, 0.3) is 0 Å². The molecule has 1 fully saturated rings. The van der Waals surface area contributed by atoms with Crippen LogP contribution in [0.5, 0.6) is 0 Å². The molecule has 2 rings (SSSR count). The molecule has 1 aliphatic rings. The van der Waals surface area contributed by atoms with Crippen LogP contribution in [-0.4, -0.2) is 35.6 Å². The fraction of sp³-hybridized carbons (Fsp3) is 0.684. The van der Waals surface area contributed by atoms with E-state index in [-0.39, 0.29) is 23.1 Å². The first-order chi connectivity index (χ1) is 10.8. The van der Waals surface area contributed by atoms with Gasteiger partial charge in [-0.2, -0.15) is 0 Å². The highest BCUT2D eigenvalue weighted by molar-refractivity contribution is 8.29. The minimum atomic E-state index is -1.13. The molecule has 0 spiro atoms. The molecule has 1 aliphatic heterocycles. The first-order valence-corrected chi connectivity index (χ1v) is 10.9. The minimum Gasteiger partial charge on any atom is -0.399 e. The van der Waals surface area contributed by atoms with E-state index in [2.05, 4.69) is 85.2 Å². The molecule has 1 saturated heterocycles. The van der Waals surface area contributed by atoms with E-state index in [4.69, 9.17) is 13.5 Å². The van der Waals surface area contributed by atoms with Gasteiger partial charge in [0.2, 0.25) is 0 Å². The third kappa shape index (κ3) is 4.01. The maximum absolute atomic E-state index is 6.28. The fourth-order valence-electron chi connectivity index (χ4n) is 2.20. The van der Waals surface area contributed by atoms with Crippen molar-refractivity contribution < 1.29 is 13.5 Å². The molecule has 0 bridgehead atoms. The van der Waals surface area contributed by atoms with Crippen molar-refractivity contribution in [3.63, 3.8) is 0 Å². The molecule has 136 valence electrons. The van der Waals surface area contributed by atoms with Gasteiger partial charge in [-0.05, 0) is 51.2 Å². The van der Waals surface area contributed by atoms with Gasteiger partial charge in [-0.25, -0.2) is 0 Å². The molecule has 5 heteroatoms. The van der Waals surface area contributed by atoms with Crippen LogP contribution in [0.15, 0.2) is 24.3 Å². The third-order valence-corrected chi connectivity index (χ3v) is 9.13. The van der Waals surface area contributed by atoms with Crippen LogP contribution in [-0.2, 0) is 20.1 Å². The van der Waals surface area contributed by atoms with Crippen molar-refractivity contribution in [1.82, 2.24) is 0 Å². The van der Waals surface area contributed by atoms with E-state index in [1.54, 1.807) is 0 Å². The molecule has 0 saturated carbocycles. The molecule has 1 aromatic rings. The van der Waals surface area contributed by atoms with Gasteiger partial charge in [0.05, 0.1) is 17.8 Å². The van der Waals surface area contributed by atoms with Crippen LogP contribution >= 0.6 is 10.3 Å². The molecule has 0 aromatic heterocycles. The highest BCUT2D eigenvalue weighted by Gasteiger charge is 2.51. The molecule has 0 aliphatic carbocycles. The first kappa shape index (κ1) is 19.8. The maximum Gasteiger partial charge on any atom is 0.494 e. The summed E-state index contributed by atoms with van der Waals surface area (Å²) >= 11 is 0. The summed E-state index contributed by atoms with van der Waals surface area (Å²) in [4.78, 5) is 0. The quantitative estimate of drug-likeness (QED) is 0.757. The molecule has 1 aromatic carbocycles. The molecule has 0 atom stereocenters. The van der Waals surface area contributed by atoms with E-state index in [9.17, 15) is 0 Å². The monoisotopic (exact) mass is 352 g/mol. The molecular weight excluding hydrogens is 319 g/mol. The smallest absolute Gasteiger partial charge is 0.399 e. The van der Waals surface area contributed by atoms with Crippen LogP contribution in [0.1, 0.15) is 54.0 Å². The Bertz CT molecular complexity index is 575. The predicted molar refractivity (Wildman–Crippen MR) is 106 cm³/mol. The Hall–Kier alpha value is -0.485. The van der Waals surface area contributed by atoms with E-state index >= 15 is 0 Å². The average molecular weight is 352 g/mol. The van der Waals surface area contributed by atoms with Gasteiger partial charge in [0, 0.05) is 4.75 Å². The second-order valence-electron chi connectivity index (χ2n) is 8.94. The predicted octanol–water partition coefficient (Wildman–Crippen LogP) is 4.28. The molecule has 1 heterocycles. The zero-order chi connectivity index (χ0) is 18.4. The number of hydrogen-bond acceptors (Lipinski definition) is 3. The van der Waals surface area contributed by atoms with Crippen molar-refractivity contribution >= 4 is 22.9 Å². The second kappa shape index (κ2) is 6.35. The molecular formula is C19H33BO3S. The summed E-state index contributed by atoms with van der Waals surface area (Å²) in [6.07, 6.45) is 4.45. The lowest BCUT2D eigenvalue weighted by atomic mass is 9.78. The lowest BCUT2D eigenvalue weighted by Crippen LogP contribution is -2.41. The summed E-state index contributed by atoms with van der Waals surface area (Å²) < 4.78 is 18.7. The number of benzene rings is 1. The molecule has 3 nitrogen and oxygen atoms in total. The van der Waals surface area contributed by atoms with Crippen LogP contribution in [0.4, 0.5) is 0 Å². The van der Waals surface area contributed by atoms with Crippen LogP contribution in [0, 0.1) is 0 Å². The Morgan fingerprint density at radius 3 is 2.08 bits per heavy atom. The lowest BCUT2D eigenvalue weighted by molar-refractivity contribution is 0.00578. The number of rotatable bonds is 4. The average Bonchev–Trinajstić information content (AvgIpc) is 2.64. The van der Waals surface area contributed by atoms with Crippen molar-refractivity contribution in [1.29, 1.82) is 0 Å². The maximum atomic E-state index is 6.28. The van der Waals surface area contributed by atoms with E-state index in [1.807, 2.05) is 0 Å². The minimum absolute atomic E-state index is 0.163. The van der Waals surface area contributed by atoms with Crippen LogP contribution in [0.2, 0.25) is 0 Å². The Kier molecular flexibility index (Phi) is 5.25. The van der Waals surface area contributed by atoms with E-state index in [0.717, 1.165) is 11.0 Å². The summed E-state index contributed by atoms with van der Waals surface area (Å²) in [6, 6.07) is 8.36. The summed E-state index contributed by atoms with van der Waals surface area (Å²) in [5.74, 6) is 0. The lowest BCUT2D eigenvalue weighted by Gasteiger charge is -2.43. The SMILES string of the molecule is CC1(C)OB(c2cccc(COS(C)(C)C(C)(C)C)c2)OC1(C)C. The Balaban J connectivity index is 2.11. The molecule has 24 heavy (non-hydrogen) atoms. The molecule has 0 unspecified atom stereocenters. The molecule has 0 radical (unpaired) electrons. The van der Waals surface area contributed by atoms with E-state index < -0.39 is 10.3 Å². The summed E-state index contributed by atoms with van der Waals surface area (Å²) in [5.41, 5.74) is 1.58. The molecule has 0 amide bonds. The number of hydrogen-bond donors (Lipinski definition) is 0. The Labute approximate surface area is 150 Å². The molecule has 0 N–H and O–H groups in total. The van der Waals surface area contributed by atoms with Crippen LogP contribution < -0.4 is 5.46 Å². The summed E-state index contributed by atoms with van der Waals surface area (Å²) in [6.45, 7) is 15.6. The highest BCUT2D eigenvalue weighted by atomic mass is 32.3. The largest absolute Gasteiger partial charge is 0.494 e. The van der Waals surface area contributed by atoms with Crippen molar-refractivity contribution in [3.8, 4) is 0 Å². The van der Waals surface area contributed by atoms with Gasteiger partial charge < -0.3 is 13.5 Å². The van der Waals surface area contributed by atoms with Gasteiger partial charge in [-0.3, -0.25) is 0 Å². The third-order valence-electron chi connectivity index (χ3n) is 5.47. The standard InChI is InChI=1S/C19H33BO3S/c1-17(2,3)24(8,9)21-14-15-11-10-12-16(13-15)20-22-18(4,5)19(6,7)23-20/h10-13H,14H2,1-9H3. The van der Waals surface area contributed by atoms with Gasteiger partial charge in [0.1, 0.15) is 0 Å². The van der Waals surface area contributed by atoms with Crippen molar-refractivity contribution in [2.24, 2.45) is 0 Å². The van der Waals surface area contributed by atoms with Crippen LogP contribution in [0.3, 0.4) is 0 Å². The van der Waals surface area contributed by atoms with Gasteiger partial charge in [0.15, 0.2) is 0 Å². The normalized spacial score (nSPS) is 21.1. The van der Waals surface area contributed by atoms with Gasteiger partial charge in [0.25, 0.3) is 0 Å². The Morgan fingerprint density at radius 1 is 1.04 bits per heavy atom. The zero-order valence-corrected chi connectivity index (χ0v) is 17.5. The zero-order valence-electron chi connectivity index (χ0n) is 16.7. The second-order valence-corrected chi connectivity index (χ2v) is 12.9. The van der Waals surface area contributed by atoms with Crippen molar-refractivity contribution in [2.75, 3.05) is 12.5 Å². The van der Waals surface area contributed by atoms with Gasteiger partial charge >= 0.3 is 7.12 Å². The summed E-state index contributed by atoms with van der Waals surface area (Å²) in [7, 11) is -1.45. The van der Waals surface area contributed by atoms with Crippen molar-refractivity contribution in [3.05, 3.63) is 29.8 Å². The first-order valence-electron chi connectivity index (χ1n) is 8.57. The Morgan fingerprint density at radius 2 is 1.58 bits per heavy atom.